The van der Waals surface area contributed by atoms with E-state index >= 15 is 0 Å². The van der Waals surface area contributed by atoms with E-state index in [2.05, 4.69) is 6.07 Å². The highest BCUT2D eigenvalue weighted by Crippen LogP contribution is 2.18. The standard InChI is InChI=1S/C21H26N2O4/c1-4-26-20(24)18-11-19-13-23(7-5-6-22(19)12-18)21(25)27-14-17-9-15(2)8-16(3)10-17/h8-12H,4-7,13-14H2,1-3H3. The lowest BCUT2D eigenvalue weighted by Crippen LogP contribution is -2.31. The molecule has 2 aromatic rings. The monoisotopic (exact) mass is 370 g/mol. The summed E-state index contributed by atoms with van der Waals surface area (Å²) in [5, 5.41) is 0. The first kappa shape index (κ1) is 19.0. The maximum atomic E-state index is 12.5. The van der Waals surface area contributed by atoms with Crippen molar-refractivity contribution in [3.63, 3.8) is 0 Å². The largest absolute Gasteiger partial charge is 0.462 e. The Bertz CT molecular complexity index is 820. The van der Waals surface area contributed by atoms with Crippen LogP contribution >= 0.6 is 0 Å². The van der Waals surface area contributed by atoms with E-state index < -0.39 is 0 Å². The van der Waals surface area contributed by atoms with Crippen LogP contribution in [0, 0.1) is 13.8 Å². The Labute approximate surface area is 159 Å². The zero-order chi connectivity index (χ0) is 19.4. The van der Waals surface area contributed by atoms with E-state index in [-0.39, 0.29) is 18.7 Å². The molecule has 6 heteroatoms. The number of hydrogen-bond donors (Lipinski definition) is 0. The zero-order valence-corrected chi connectivity index (χ0v) is 16.2. The van der Waals surface area contributed by atoms with Gasteiger partial charge < -0.3 is 18.9 Å². The molecular weight excluding hydrogens is 344 g/mol. The molecule has 1 aliphatic heterocycles. The molecule has 0 saturated heterocycles. The van der Waals surface area contributed by atoms with Gasteiger partial charge >= 0.3 is 12.1 Å². The number of benzene rings is 1. The summed E-state index contributed by atoms with van der Waals surface area (Å²) in [4.78, 5) is 26.2. The molecule has 0 saturated carbocycles. The van der Waals surface area contributed by atoms with E-state index in [1.165, 1.54) is 0 Å². The van der Waals surface area contributed by atoms with E-state index in [9.17, 15) is 9.59 Å². The average molecular weight is 370 g/mol. The number of nitrogens with zero attached hydrogens (tertiary/aromatic N) is 2. The Hall–Kier alpha value is -2.76. The number of amides is 1. The molecular formula is C21H26N2O4. The molecule has 1 aromatic heterocycles. The Morgan fingerprint density at radius 3 is 2.48 bits per heavy atom. The number of rotatable bonds is 4. The number of carbonyl (C=O) groups excluding carboxylic acids is 2. The van der Waals surface area contributed by atoms with E-state index in [1.807, 2.05) is 30.5 Å². The van der Waals surface area contributed by atoms with Crippen molar-refractivity contribution in [2.75, 3.05) is 13.2 Å². The molecule has 0 N–H and O–H groups in total. The lowest BCUT2D eigenvalue weighted by molar-refractivity contribution is 0.0526. The van der Waals surface area contributed by atoms with Crippen LogP contribution in [0.1, 0.15) is 46.1 Å². The minimum absolute atomic E-state index is 0.257. The highest BCUT2D eigenvalue weighted by molar-refractivity contribution is 5.89. The number of aromatic nitrogens is 1. The fourth-order valence-corrected chi connectivity index (χ4v) is 3.47. The third-order valence-electron chi connectivity index (χ3n) is 4.58. The molecule has 1 aromatic carbocycles. The maximum Gasteiger partial charge on any atom is 0.410 e. The van der Waals surface area contributed by atoms with Crippen LogP contribution in [0.25, 0.3) is 0 Å². The van der Waals surface area contributed by atoms with Gasteiger partial charge in [-0.15, -0.1) is 0 Å². The second-order valence-electron chi connectivity index (χ2n) is 6.96. The molecule has 0 radical (unpaired) electrons. The van der Waals surface area contributed by atoms with Crippen molar-refractivity contribution in [1.82, 2.24) is 9.47 Å². The topological polar surface area (TPSA) is 60.8 Å². The van der Waals surface area contributed by atoms with Crippen LogP contribution in [0.2, 0.25) is 0 Å². The molecule has 0 bridgehead atoms. The highest BCUT2D eigenvalue weighted by Gasteiger charge is 2.22. The number of ether oxygens (including phenoxy) is 2. The van der Waals surface area contributed by atoms with Crippen molar-refractivity contribution in [3.05, 3.63) is 58.4 Å². The SMILES string of the molecule is CCOC(=O)c1cc2n(c1)CCCN(C(=O)OCc1cc(C)cc(C)c1)C2. The van der Waals surface area contributed by atoms with Crippen molar-refractivity contribution in [2.24, 2.45) is 0 Å². The van der Waals surface area contributed by atoms with Crippen LogP contribution < -0.4 is 0 Å². The first-order chi connectivity index (χ1) is 13.0. The predicted molar refractivity (Wildman–Crippen MR) is 102 cm³/mol. The van der Waals surface area contributed by atoms with Gasteiger partial charge in [-0.1, -0.05) is 29.3 Å². The Morgan fingerprint density at radius 2 is 1.78 bits per heavy atom. The normalized spacial score (nSPS) is 13.7. The van der Waals surface area contributed by atoms with Crippen LogP contribution in [-0.2, 0) is 29.2 Å². The summed E-state index contributed by atoms with van der Waals surface area (Å²) in [5.41, 5.74) is 4.74. The maximum absolute atomic E-state index is 12.5. The van der Waals surface area contributed by atoms with Gasteiger partial charge in [0.2, 0.25) is 0 Å². The fourth-order valence-electron chi connectivity index (χ4n) is 3.47. The quantitative estimate of drug-likeness (QED) is 0.768. The molecule has 3 rings (SSSR count). The lowest BCUT2D eigenvalue weighted by Gasteiger charge is -2.19. The Morgan fingerprint density at radius 1 is 1.04 bits per heavy atom. The van der Waals surface area contributed by atoms with Crippen LogP contribution in [0.5, 0.6) is 0 Å². The van der Waals surface area contributed by atoms with Gasteiger partial charge in [-0.05, 0) is 38.8 Å². The number of carbonyl (C=O) groups is 2. The number of hydrogen-bond acceptors (Lipinski definition) is 4. The number of fused-ring (bicyclic) bond motifs is 1. The predicted octanol–water partition coefficient (Wildman–Crippen LogP) is 3.82. The Balaban J connectivity index is 1.65. The van der Waals surface area contributed by atoms with Gasteiger partial charge in [-0.25, -0.2) is 9.59 Å². The van der Waals surface area contributed by atoms with Gasteiger partial charge in [0.15, 0.2) is 0 Å². The van der Waals surface area contributed by atoms with Crippen LogP contribution in [0.4, 0.5) is 4.79 Å². The second-order valence-corrected chi connectivity index (χ2v) is 6.96. The summed E-state index contributed by atoms with van der Waals surface area (Å²) in [5.74, 6) is -0.331. The van der Waals surface area contributed by atoms with Crippen LogP contribution in [-0.4, -0.2) is 34.7 Å². The van der Waals surface area contributed by atoms with Crippen LogP contribution in [0.3, 0.4) is 0 Å². The third kappa shape index (κ3) is 4.70. The molecule has 144 valence electrons. The third-order valence-corrected chi connectivity index (χ3v) is 4.58. The van der Waals surface area contributed by atoms with E-state index in [0.29, 0.717) is 25.3 Å². The molecule has 27 heavy (non-hydrogen) atoms. The molecule has 0 aliphatic carbocycles. The van der Waals surface area contributed by atoms with Crippen molar-refractivity contribution in [1.29, 1.82) is 0 Å². The Kier molecular flexibility index (Phi) is 5.84. The minimum atomic E-state index is -0.332. The first-order valence-corrected chi connectivity index (χ1v) is 9.31. The molecule has 6 nitrogen and oxygen atoms in total. The van der Waals surface area contributed by atoms with Gasteiger partial charge in [-0.3, -0.25) is 0 Å². The first-order valence-electron chi connectivity index (χ1n) is 9.31. The van der Waals surface area contributed by atoms with Crippen molar-refractivity contribution in [3.8, 4) is 0 Å². The molecule has 0 fully saturated rings. The highest BCUT2D eigenvalue weighted by atomic mass is 16.6. The van der Waals surface area contributed by atoms with Crippen molar-refractivity contribution < 1.29 is 19.1 Å². The molecule has 1 amide bonds. The van der Waals surface area contributed by atoms with Crippen LogP contribution in [0.15, 0.2) is 30.5 Å². The van der Waals surface area contributed by atoms with Gasteiger partial charge in [0, 0.05) is 25.0 Å². The van der Waals surface area contributed by atoms with Crippen molar-refractivity contribution in [2.45, 2.75) is 46.9 Å². The van der Waals surface area contributed by atoms with Crippen molar-refractivity contribution >= 4 is 12.1 Å². The summed E-state index contributed by atoms with van der Waals surface area (Å²) in [7, 11) is 0. The minimum Gasteiger partial charge on any atom is -0.462 e. The van der Waals surface area contributed by atoms with Gasteiger partial charge in [0.1, 0.15) is 6.61 Å². The number of esters is 1. The summed E-state index contributed by atoms with van der Waals surface area (Å²) < 4.78 is 12.6. The average Bonchev–Trinajstić information content (AvgIpc) is 2.91. The zero-order valence-electron chi connectivity index (χ0n) is 16.2. The number of aryl methyl sites for hydroxylation is 3. The second kappa shape index (κ2) is 8.29. The molecule has 0 atom stereocenters. The molecule has 1 aliphatic rings. The molecule has 2 heterocycles. The van der Waals surface area contributed by atoms with Gasteiger partial charge in [-0.2, -0.15) is 0 Å². The summed E-state index contributed by atoms with van der Waals surface area (Å²) in [6.45, 7) is 8.25. The molecule has 0 spiro atoms. The summed E-state index contributed by atoms with van der Waals surface area (Å²) in [6, 6.07) is 7.95. The fraction of sp³-hybridized carbons (Fsp3) is 0.429. The van der Waals surface area contributed by atoms with E-state index in [0.717, 1.165) is 35.3 Å². The van der Waals surface area contributed by atoms with Gasteiger partial charge in [0.05, 0.1) is 18.7 Å². The van der Waals surface area contributed by atoms with Gasteiger partial charge in [0.25, 0.3) is 0 Å². The summed E-state index contributed by atoms with van der Waals surface area (Å²) >= 11 is 0. The van der Waals surface area contributed by atoms with E-state index in [4.69, 9.17) is 9.47 Å². The molecule has 0 unspecified atom stereocenters. The smallest absolute Gasteiger partial charge is 0.410 e. The summed E-state index contributed by atoms with van der Waals surface area (Å²) in [6.07, 6.45) is 2.28. The van der Waals surface area contributed by atoms with E-state index in [1.54, 1.807) is 24.1 Å². The lowest BCUT2D eigenvalue weighted by atomic mass is 10.1.